The van der Waals surface area contributed by atoms with Gasteiger partial charge in [0, 0.05) is 6.20 Å². The van der Waals surface area contributed by atoms with Gasteiger partial charge in [-0.2, -0.15) is 18.3 Å². The number of carbonyl (C=O) groups is 2. The third kappa shape index (κ3) is 2.12. The molecule has 0 spiro atoms. The first kappa shape index (κ1) is 14.4. The monoisotopic (exact) mass is 292 g/mol. The second-order valence-corrected chi connectivity index (χ2v) is 4.35. The van der Waals surface area contributed by atoms with Crippen molar-refractivity contribution < 1.29 is 32.2 Å². The van der Waals surface area contributed by atoms with Crippen LogP contribution in [-0.2, 0) is 26.0 Å². The smallest absolute Gasteiger partial charge is 0.436 e. The van der Waals surface area contributed by atoms with E-state index in [2.05, 4.69) is 14.6 Å². The van der Waals surface area contributed by atoms with Crippen LogP contribution in [-0.4, -0.2) is 35.9 Å². The summed E-state index contributed by atoms with van der Waals surface area (Å²) < 4.78 is 48.2. The second kappa shape index (κ2) is 4.50. The Morgan fingerprint density at radius 3 is 2.30 bits per heavy atom. The highest BCUT2D eigenvalue weighted by Crippen LogP contribution is 2.45. The van der Waals surface area contributed by atoms with E-state index in [-0.39, 0.29) is 0 Å². The van der Waals surface area contributed by atoms with Crippen molar-refractivity contribution in [1.82, 2.24) is 9.78 Å². The van der Waals surface area contributed by atoms with Crippen LogP contribution in [0.3, 0.4) is 0 Å². The Labute approximate surface area is 111 Å². The molecule has 0 aromatic carbocycles. The Bertz CT molecular complexity index is 561. The average molecular weight is 292 g/mol. The largest absolute Gasteiger partial charge is 0.467 e. The summed E-state index contributed by atoms with van der Waals surface area (Å²) in [6.07, 6.45) is -3.34. The molecule has 1 aromatic heterocycles. The van der Waals surface area contributed by atoms with Crippen molar-refractivity contribution in [1.29, 1.82) is 0 Å². The van der Waals surface area contributed by atoms with E-state index in [1.165, 1.54) is 0 Å². The molecule has 0 radical (unpaired) electrons. The Hall–Kier alpha value is -2.06. The summed E-state index contributed by atoms with van der Waals surface area (Å²) in [6, 6.07) is 0. The first-order valence-corrected chi connectivity index (χ1v) is 5.60. The fourth-order valence-corrected chi connectivity index (χ4v) is 1.90. The maximum Gasteiger partial charge on any atom is 0.436 e. The van der Waals surface area contributed by atoms with Crippen LogP contribution in [0.5, 0.6) is 0 Å². The number of hydrogen-bond acceptors (Lipinski definition) is 5. The Morgan fingerprint density at radius 1 is 1.30 bits per heavy atom. The summed E-state index contributed by atoms with van der Waals surface area (Å²) in [4.78, 5) is 23.0. The molecule has 0 atom stereocenters. The Kier molecular flexibility index (Phi) is 3.23. The summed E-state index contributed by atoms with van der Waals surface area (Å²) in [5.74, 6) is -1.85. The van der Waals surface area contributed by atoms with Gasteiger partial charge in [-0.3, -0.25) is 4.68 Å². The van der Waals surface area contributed by atoms with Crippen LogP contribution in [0.1, 0.15) is 28.9 Å². The first-order chi connectivity index (χ1) is 9.26. The van der Waals surface area contributed by atoms with Crippen LogP contribution in [0.15, 0.2) is 6.20 Å². The lowest BCUT2D eigenvalue weighted by atomic mass is 10.2. The van der Waals surface area contributed by atoms with Gasteiger partial charge in [0.15, 0.2) is 11.2 Å². The fourth-order valence-electron chi connectivity index (χ4n) is 1.90. The van der Waals surface area contributed by atoms with E-state index in [1.54, 1.807) is 0 Å². The second-order valence-electron chi connectivity index (χ2n) is 4.35. The first-order valence-electron chi connectivity index (χ1n) is 5.60. The third-order valence-electron chi connectivity index (χ3n) is 3.12. The number of methoxy groups -OCH3 is 2. The molecule has 1 aromatic rings. The minimum Gasteiger partial charge on any atom is -0.467 e. The summed E-state index contributed by atoms with van der Waals surface area (Å²) in [7, 11) is 2.10. The van der Waals surface area contributed by atoms with Crippen molar-refractivity contribution in [3.63, 3.8) is 0 Å². The SMILES string of the molecule is COC(=O)c1cn(C2(C(=O)OC)CC2)nc1C(F)(F)F. The molecule has 2 rings (SSSR count). The molecule has 0 unspecified atom stereocenters. The van der Waals surface area contributed by atoms with Gasteiger partial charge in [0.2, 0.25) is 0 Å². The van der Waals surface area contributed by atoms with Crippen molar-refractivity contribution in [2.45, 2.75) is 24.6 Å². The molecule has 0 N–H and O–H groups in total. The van der Waals surface area contributed by atoms with E-state index < -0.39 is 34.9 Å². The number of hydrogen-bond donors (Lipinski definition) is 0. The van der Waals surface area contributed by atoms with Crippen LogP contribution in [0.4, 0.5) is 13.2 Å². The fraction of sp³-hybridized carbons (Fsp3) is 0.545. The zero-order chi connectivity index (χ0) is 15.1. The molecule has 0 saturated heterocycles. The van der Waals surface area contributed by atoms with E-state index in [9.17, 15) is 22.8 Å². The van der Waals surface area contributed by atoms with Gasteiger partial charge in [-0.05, 0) is 12.8 Å². The minimum atomic E-state index is -4.82. The van der Waals surface area contributed by atoms with Gasteiger partial charge in [-0.15, -0.1) is 0 Å². The van der Waals surface area contributed by atoms with Gasteiger partial charge < -0.3 is 9.47 Å². The Morgan fingerprint density at radius 2 is 1.90 bits per heavy atom. The van der Waals surface area contributed by atoms with Crippen LogP contribution in [0, 0.1) is 0 Å². The van der Waals surface area contributed by atoms with Crippen LogP contribution < -0.4 is 0 Å². The molecule has 6 nitrogen and oxygen atoms in total. The van der Waals surface area contributed by atoms with Crippen LogP contribution >= 0.6 is 0 Å². The predicted octanol–water partition coefficient (Wildman–Crippen LogP) is 1.35. The number of aromatic nitrogens is 2. The molecule has 1 saturated carbocycles. The topological polar surface area (TPSA) is 70.4 Å². The van der Waals surface area contributed by atoms with E-state index in [0.29, 0.717) is 12.8 Å². The van der Waals surface area contributed by atoms with Gasteiger partial charge in [0.25, 0.3) is 0 Å². The van der Waals surface area contributed by atoms with Crippen molar-refractivity contribution in [2.24, 2.45) is 0 Å². The van der Waals surface area contributed by atoms with Gasteiger partial charge >= 0.3 is 18.1 Å². The highest BCUT2D eigenvalue weighted by atomic mass is 19.4. The highest BCUT2D eigenvalue weighted by Gasteiger charge is 2.55. The third-order valence-corrected chi connectivity index (χ3v) is 3.12. The van der Waals surface area contributed by atoms with Gasteiger partial charge in [-0.1, -0.05) is 0 Å². The normalized spacial score (nSPS) is 16.6. The van der Waals surface area contributed by atoms with E-state index in [4.69, 9.17) is 0 Å². The van der Waals surface area contributed by atoms with E-state index in [0.717, 1.165) is 25.1 Å². The van der Waals surface area contributed by atoms with Gasteiger partial charge in [0.05, 0.1) is 14.2 Å². The molecule has 0 aliphatic heterocycles. The molecular weight excluding hydrogens is 281 g/mol. The summed E-state index contributed by atoms with van der Waals surface area (Å²) in [5, 5.41) is 3.34. The molecule has 9 heteroatoms. The summed E-state index contributed by atoms with van der Waals surface area (Å²) >= 11 is 0. The number of ether oxygens (including phenoxy) is 2. The summed E-state index contributed by atoms with van der Waals surface area (Å²) in [5.41, 5.74) is -3.35. The molecule has 1 fully saturated rings. The van der Waals surface area contributed by atoms with Crippen molar-refractivity contribution in [3.8, 4) is 0 Å². The predicted molar refractivity (Wildman–Crippen MR) is 57.8 cm³/mol. The molecule has 110 valence electrons. The quantitative estimate of drug-likeness (QED) is 0.786. The van der Waals surface area contributed by atoms with E-state index >= 15 is 0 Å². The van der Waals surface area contributed by atoms with Crippen molar-refractivity contribution in [3.05, 3.63) is 17.5 Å². The lowest BCUT2D eigenvalue weighted by molar-refractivity contribution is -0.148. The average Bonchev–Trinajstić information content (AvgIpc) is 3.07. The maximum absolute atomic E-state index is 12.9. The zero-order valence-corrected chi connectivity index (χ0v) is 10.7. The maximum atomic E-state index is 12.9. The zero-order valence-electron chi connectivity index (χ0n) is 10.7. The number of carbonyl (C=O) groups excluding carboxylic acids is 2. The number of esters is 2. The lowest BCUT2D eigenvalue weighted by Crippen LogP contribution is -2.29. The molecule has 0 amide bonds. The number of nitrogens with zero attached hydrogens (tertiary/aromatic N) is 2. The van der Waals surface area contributed by atoms with Crippen molar-refractivity contribution >= 4 is 11.9 Å². The Balaban J connectivity index is 2.51. The minimum absolute atomic E-state index is 0.305. The number of halogens is 3. The molecule has 0 bridgehead atoms. The number of rotatable bonds is 3. The summed E-state index contributed by atoms with van der Waals surface area (Å²) in [6.45, 7) is 0. The van der Waals surface area contributed by atoms with Crippen LogP contribution in [0.2, 0.25) is 0 Å². The van der Waals surface area contributed by atoms with Crippen LogP contribution in [0.25, 0.3) is 0 Å². The molecule has 20 heavy (non-hydrogen) atoms. The highest BCUT2D eigenvalue weighted by molar-refractivity contribution is 5.91. The van der Waals surface area contributed by atoms with Crippen molar-refractivity contribution in [2.75, 3.05) is 14.2 Å². The molecule has 1 aliphatic rings. The standard InChI is InChI=1S/C11H11F3N2O4/c1-19-8(17)6-5-16(15-7(6)11(12,13)14)10(3-4-10)9(18)20-2/h5H,3-4H2,1-2H3. The lowest BCUT2D eigenvalue weighted by Gasteiger charge is -2.12. The molecular formula is C11H11F3N2O4. The van der Waals surface area contributed by atoms with E-state index in [1.807, 2.05) is 0 Å². The molecule has 1 aliphatic carbocycles. The molecule has 1 heterocycles. The van der Waals surface area contributed by atoms with Gasteiger partial charge in [-0.25, -0.2) is 9.59 Å². The number of alkyl halides is 3. The van der Waals surface area contributed by atoms with Gasteiger partial charge in [0.1, 0.15) is 5.56 Å².